The highest BCUT2D eigenvalue weighted by Gasteiger charge is 2.26. The zero-order chi connectivity index (χ0) is 14.3. The molecular formula is C14H30N2O2S. The zero-order valence-corrected chi connectivity index (χ0v) is 13.5. The molecule has 0 aromatic heterocycles. The predicted molar refractivity (Wildman–Crippen MR) is 81.2 cm³/mol. The van der Waals surface area contributed by atoms with Crippen LogP contribution in [-0.2, 0) is 9.84 Å². The second-order valence-electron chi connectivity index (χ2n) is 5.97. The molecule has 0 aliphatic heterocycles. The Kier molecular flexibility index (Phi) is 7.32. The molecule has 0 amide bonds. The summed E-state index contributed by atoms with van der Waals surface area (Å²) < 4.78 is 22.3. The van der Waals surface area contributed by atoms with Gasteiger partial charge in [0, 0.05) is 18.8 Å². The van der Waals surface area contributed by atoms with E-state index in [-0.39, 0.29) is 5.75 Å². The van der Waals surface area contributed by atoms with Crippen LogP contribution < -0.4 is 5.32 Å². The number of hydrogen-bond donors (Lipinski definition) is 1. The van der Waals surface area contributed by atoms with Crippen molar-refractivity contribution in [1.82, 2.24) is 10.2 Å². The summed E-state index contributed by atoms with van der Waals surface area (Å²) in [6, 6.07) is 0.684. The van der Waals surface area contributed by atoms with Gasteiger partial charge < -0.3 is 10.2 Å². The molecule has 19 heavy (non-hydrogen) atoms. The average molecular weight is 290 g/mol. The molecule has 1 saturated carbocycles. The van der Waals surface area contributed by atoms with E-state index in [0.717, 1.165) is 19.0 Å². The van der Waals surface area contributed by atoms with E-state index in [1.54, 1.807) is 0 Å². The molecule has 2 unspecified atom stereocenters. The highest BCUT2D eigenvalue weighted by molar-refractivity contribution is 7.90. The summed E-state index contributed by atoms with van der Waals surface area (Å²) in [5.74, 6) is 1.04. The molecule has 5 heteroatoms. The molecule has 0 heterocycles. The van der Waals surface area contributed by atoms with Crippen molar-refractivity contribution in [2.24, 2.45) is 5.92 Å². The molecule has 1 N–H and O–H groups in total. The number of sulfone groups is 1. The molecule has 0 spiro atoms. The quantitative estimate of drug-likeness (QED) is 0.699. The highest BCUT2D eigenvalue weighted by atomic mass is 32.2. The van der Waals surface area contributed by atoms with Gasteiger partial charge in [-0.3, -0.25) is 0 Å². The predicted octanol–water partition coefficient (Wildman–Crippen LogP) is 1.52. The van der Waals surface area contributed by atoms with E-state index in [9.17, 15) is 8.42 Å². The van der Waals surface area contributed by atoms with Crippen LogP contribution in [0.1, 0.15) is 39.0 Å². The van der Waals surface area contributed by atoms with E-state index < -0.39 is 9.84 Å². The highest BCUT2D eigenvalue weighted by Crippen LogP contribution is 2.28. The van der Waals surface area contributed by atoms with Gasteiger partial charge in [-0.1, -0.05) is 13.3 Å². The molecule has 114 valence electrons. The Labute approximate surface area is 118 Å². The largest absolute Gasteiger partial charge is 0.314 e. The molecule has 0 aromatic carbocycles. The van der Waals surface area contributed by atoms with Gasteiger partial charge in [-0.15, -0.1) is 0 Å². The van der Waals surface area contributed by atoms with E-state index in [2.05, 4.69) is 17.1 Å². The topological polar surface area (TPSA) is 49.4 Å². The summed E-state index contributed by atoms with van der Waals surface area (Å²) in [6.07, 6.45) is 7.64. The van der Waals surface area contributed by atoms with Crippen LogP contribution in [0.2, 0.25) is 0 Å². The lowest BCUT2D eigenvalue weighted by Gasteiger charge is -2.24. The Hall–Kier alpha value is -0.130. The molecule has 2 atom stereocenters. The lowest BCUT2D eigenvalue weighted by molar-refractivity contribution is 0.290. The van der Waals surface area contributed by atoms with Crippen molar-refractivity contribution in [3.8, 4) is 0 Å². The minimum atomic E-state index is -2.83. The van der Waals surface area contributed by atoms with Crippen LogP contribution in [0.3, 0.4) is 0 Å². The summed E-state index contributed by atoms with van der Waals surface area (Å²) in [5.41, 5.74) is 0. The molecule has 0 bridgehead atoms. The third kappa shape index (κ3) is 7.28. The lowest BCUT2D eigenvalue weighted by Crippen LogP contribution is -2.35. The van der Waals surface area contributed by atoms with Crippen molar-refractivity contribution in [1.29, 1.82) is 0 Å². The van der Waals surface area contributed by atoms with Crippen molar-refractivity contribution in [3.63, 3.8) is 0 Å². The van der Waals surface area contributed by atoms with Crippen LogP contribution in [0.5, 0.6) is 0 Å². The van der Waals surface area contributed by atoms with E-state index in [4.69, 9.17) is 0 Å². The maximum Gasteiger partial charge on any atom is 0.148 e. The van der Waals surface area contributed by atoms with Gasteiger partial charge in [0.15, 0.2) is 0 Å². The summed E-state index contributed by atoms with van der Waals surface area (Å²) in [7, 11) is -0.811. The number of nitrogens with one attached hydrogen (secondary N) is 1. The maximum atomic E-state index is 11.1. The summed E-state index contributed by atoms with van der Waals surface area (Å²) in [5, 5.41) is 3.65. The second-order valence-corrected chi connectivity index (χ2v) is 8.23. The van der Waals surface area contributed by atoms with Crippen LogP contribution in [0.4, 0.5) is 0 Å². The second kappa shape index (κ2) is 8.22. The molecule has 1 aliphatic rings. The maximum absolute atomic E-state index is 11.1. The minimum absolute atomic E-state index is 0.270. The third-order valence-electron chi connectivity index (χ3n) is 4.04. The monoisotopic (exact) mass is 290 g/mol. The van der Waals surface area contributed by atoms with Crippen molar-refractivity contribution >= 4 is 9.84 Å². The standard InChI is InChI=1S/C14H30N2O2S/c1-4-9-15-14-7-5-6-13(14)8-10-16(2)11-12-19(3,17)18/h13-15H,4-12H2,1-3H3. The Morgan fingerprint density at radius 1 is 1.26 bits per heavy atom. The van der Waals surface area contributed by atoms with Crippen molar-refractivity contribution in [3.05, 3.63) is 0 Å². The first kappa shape index (κ1) is 16.9. The fraction of sp³-hybridized carbons (Fsp3) is 1.00. The van der Waals surface area contributed by atoms with Gasteiger partial charge in [-0.2, -0.15) is 0 Å². The van der Waals surface area contributed by atoms with Crippen molar-refractivity contribution in [2.75, 3.05) is 38.7 Å². The van der Waals surface area contributed by atoms with Crippen LogP contribution >= 0.6 is 0 Å². The molecular weight excluding hydrogens is 260 g/mol. The Balaban J connectivity index is 2.23. The van der Waals surface area contributed by atoms with E-state index in [1.807, 2.05) is 7.05 Å². The molecule has 1 rings (SSSR count). The van der Waals surface area contributed by atoms with Gasteiger partial charge in [-0.05, 0) is 51.7 Å². The molecule has 1 aliphatic carbocycles. The molecule has 0 saturated heterocycles. The average Bonchev–Trinajstić information content (AvgIpc) is 2.77. The zero-order valence-electron chi connectivity index (χ0n) is 12.7. The van der Waals surface area contributed by atoms with E-state index in [0.29, 0.717) is 12.6 Å². The van der Waals surface area contributed by atoms with Crippen molar-refractivity contribution in [2.45, 2.75) is 45.1 Å². The molecule has 0 radical (unpaired) electrons. The summed E-state index contributed by atoms with van der Waals surface area (Å²) in [4.78, 5) is 2.15. The first-order valence-corrected chi connectivity index (χ1v) is 9.58. The van der Waals surface area contributed by atoms with E-state index in [1.165, 1.54) is 38.4 Å². The van der Waals surface area contributed by atoms with Gasteiger partial charge in [-0.25, -0.2) is 8.42 Å². The summed E-state index contributed by atoms with van der Waals surface area (Å²) in [6.45, 7) is 4.98. The van der Waals surface area contributed by atoms with Crippen LogP contribution in [0.15, 0.2) is 0 Å². The SMILES string of the molecule is CCCNC1CCCC1CCN(C)CCS(C)(=O)=O. The third-order valence-corrected chi connectivity index (χ3v) is 4.97. The first-order valence-electron chi connectivity index (χ1n) is 7.52. The smallest absolute Gasteiger partial charge is 0.148 e. The van der Waals surface area contributed by atoms with Gasteiger partial charge in [0.1, 0.15) is 9.84 Å². The van der Waals surface area contributed by atoms with E-state index >= 15 is 0 Å². The van der Waals surface area contributed by atoms with Gasteiger partial charge >= 0.3 is 0 Å². The number of nitrogens with zero attached hydrogens (tertiary/aromatic N) is 1. The minimum Gasteiger partial charge on any atom is -0.314 e. The Morgan fingerprint density at radius 2 is 2.00 bits per heavy atom. The Morgan fingerprint density at radius 3 is 2.63 bits per heavy atom. The summed E-state index contributed by atoms with van der Waals surface area (Å²) >= 11 is 0. The fourth-order valence-electron chi connectivity index (χ4n) is 2.80. The van der Waals surface area contributed by atoms with Crippen LogP contribution in [0.25, 0.3) is 0 Å². The number of hydrogen-bond acceptors (Lipinski definition) is 4. The first-order chi connectivity index (χ1) is 8.92. The van der Waals surface area contributed by atoms with Gasteiger partial charge in [0.2, 0.25) is 0 Å². The van der Waals surface area contributed by atoms with Gasteiger partial charge in [0.05, 0.1) is 5.75 Å². The molecule has 4 nitrogen and oxygen atoms in total. The van der Waals surface area contributed by atoms with Crippen LogP contribution in [-0.4, -0.2) is 58.1 Å². The van der Waals surface area contributed by atoms with Crippen LogP contribution in [0, 0.1) is 5.92 Å². The molecule has 1 fully saturated rings. The molecule has 0 aromatic rings. The fourth-order valence-corrected chi connectivity index (χ4v) is 3.44. The Bertz CT molecular complexity index is 343. The normalized spacial score (nSPS) is 24.2. The van der Waals surface area contributed by atoms with Gasteiger partial charge in [0.25, 0.3) is 0 Å². The lowest BCUT2D eigenvalue weighted by atomic mass is 9.99. The number of rotatable bonds is 9. The van der Waals surface area contributed by atoms with Crippen molar-refractivity contribution < 1.29 is 8.42 Å².